The molecule has 0 aliphatic carbocycles. The van der Waals surface area contributed by atoms with Gasteiger partial charge in [0.2, 0.25) is 0 Å². The highest BCUT2D eigenvalue weighted by molar-refractivity contribution is 5.79. The summed E-state index contributed by atoms with van der Waals surface area (Å²) in [5.41, 5.74) is 1.54. The average Bonchev–Trinajstić information content (AvgIpc) is 2.45. The molecule has 4 heteroatoms. The maximum absolute atomic E-state index is 4.31. The Morgan fingerprint density at radius 3 is 2.52 bits per heavy atom. The molecule has 0 spiro atoms. The SMILES string of the molecule is CN=C(NCCCCC(C)(C)C)NCCc1ccccn1. The van der Waals surface area contributed by atoms with Crippen LogP contribution >= 0.6 is 0 Å². The van der Waals surface area contributed by atoms with E-state index in [0.717, 1.165) is 31.2 Å². The molecule has 0 radical (unpaired) electrons. The summed E-state index contributed by atoms with van der Waals surface area (Å²) >= 11 is 0. The van der Waals surface area contributed by atoms with Crippen LogP contribution < -0.4 is 10.6 Å². The molecule has 0 bridgehead atoms. The highest BCUT2D eigenvalue weighted by Gasteiger charge is 2.08. The second-order valence-electron chi connectivity index (χ2n) is 6.51. The zero-order valence-electron chi connectivity index (χ0n) is 13.9. The summed E-state index contributed by atoms with van der Waals surface area (Å²) in [6.07, 6.45) is 6.43. The fraction of sp³-hybridized carbons (Fsp3) is 0.647. The van der Waals surface area contributed by atoms with E-state index in [-0.39, 0.29) is 0 Å². The smallest absolute Gasteiger partial charge is 0.190 e. The zero-order valence-corrected chi connectivity index (χ0v) is 13.9. The number of rotatable bonds is 7. The van der Waals surface area contributed by atoms with Gasteiger partial charge in [0.1, 0.15) is 0 Å². The van der Waals surface area contributed by atoms with Crippen LogP contribution in [-0.4, -0.2) is 31.1 Å². The number of pyridine rings is 1. The minimum absolute atomic E-state index is 0.433. The van der Waals surface area contributed by atoms with E-state index in [1.54, 1.807) is 0 Å². The molecule has 0 saturated carbocycles. The highest BCUT2D eigenvalue weighted by atomic mass is 15.2. The van der Waals surface area contributed by atoms with Gasteiger partial charge < -0.3 is 10.6 Å². The van der Waals surface area contributed by atoms with Crippen molar-refractivity contribution < 1.29 is 0 Å². The number of nitrogens with zero attached hydrogens (tertiary/aromatic N) is 2. The Bertz CT molecular complexity index is 407. The third-order valence-corrected chi connectivity index (χ3v) is 3.27. The molecular weight excluding hydrogens is 260 g/mol. The Morgan fingerprint density at radius 1 is 1.14 bits per heavy atom. The Labute approximate surface area is 129 Å². The summed E-state index contributed by atoms with van der Waals surface area (Å²) in [7, 11) is 1.81. The molecule has 0 unspecified atom stereocenters. The summed E-state index contributed by atoms with van der Waals surface area (Å²) in [5.74, 6) is 0.877. The normalized spacial score (nSPS) is 12.3. The van der Waals surface area contributed by atoms with Crippen molar-refractivity contribution in [3.63, 3.8) is 0 Å². The van der Waals surface area contributed by atoms with E-state index in [9.17, 15) is 0 Å². The molecule has 0 amide bonds. The lowest BCUT2D eigenvalue weighted by molar-refractivity contribution is 0.360. The molecule has 0 atom stereocenters. The zero-order chi connectivity index (χ0) is 15.6. The van der Waals surface area contributed by atoms with Gasteiger partial charge in [-0.2, -0.15) is 0 Å². The molecule has 0 saturated heterocycles. The van der Waals surface area contributed by atoms with Gasteiger partial charge in [0.15, 0.2) is 5.96 Å². The maximum atomic E-state index is 4.31. The molecule has 1 rings (SSSR count). The van der Waals surface area contributed by atoms with Crippen LogP contribution in [0.4, 0.5) is 0 Å². The first kappa shape index (κ1) is 17.5. The maximum Gasteiger partial charge on any atom is 0.190 e. The fourth-order valence-electron chi connectivity index (χ4n) is 2.06. The largest absolute Gasteiger partial charge is 0.356 e. The summed E-state index contributed by atoms with van der Waals surface area (Å²) in [6, 6.07) is 6.00. The molecule has 1 aromatic rings. The van der Waals surface area contributed by atoms with Gasteiger partial charge in [0, 0.05) is 38.4 Å². The quantitative estimate of drug-likeness (QED) is 0.461. The van der Waals surface area contributed by atoms with Crippen LogP contribution in [0.2, 0.25) is 0 Å². The number of unbranched alkanes of at least 4 members (excludes halogenated alkanes) is 1. The number of hydrogen-bond donors (Lipinski definition) is 2. The van der Waals surface area contributed by atoms with Gasteiger partial charge in [-0.1, -0.05) is 33.3 Å². The van der Waals surface area contributed by atoms with Crippen LogP contribution in [0.25, 0.3) is 0 Å². The van der Waals surface area contributed by atoms with Gasteiger partial charge in [-0.05, 0) is 30.4 Å². The molecule has 0 aromatic carbocycles. The lowest BCUT2D eigenvalue weighted by atomic mass is 9.90. The summed E-state index contributed by atoms with van der Waals surface area (Å²) < 4.78 is 0. The minimum Gasteiger partial charge on any atom is -0.356 e. The predicted octanol–water partition coefficient (Wildman–Crippen LogP) is 3.01. The summed E-state index contributed by atoms with van der Waals surface area (Å²) in [4.78, 5) is 8.55. The van der Waals surface area contributed by atoms with Crippen LogP contribution in [-0.2, 0) is 6.42 Å². The standard InChI is InChI=1S/C17H30N4/c1-17(2,3)11-6-8-13-20-16(18-4)21-14-10-15-9-5-7-12-19-15/h5,7,9,12H,6,8,10-11,13-14H2,1-4H3,(H2,18,20,21). The van der Waals surface area contributed by atoms with E-state index in [2.05, 4.69) is 41.4 Å². The van der Waals surface area contributed by atoms with Crippen molar-refractivity contribution in [2.75, 3.05) is 20.1 Å². The van der Waals surface area contributed by atoms with Gasteiger partial charge >= 0.3 is 0 Å². The van der Waals surface area contributed by atoms with Crippen molar-refractivity contribution >= 4 is 5.96 Å². The van der Waals surface area contributed by atoms with Crippen LogP contribution in [0.15, 0.2) is 29.4 Å². The van der Waals surface area contributed by atoms with Crippen LogP contribution in [0.3, 0.4) is 0 Å². The molecule has 0 aliphatic rings. The van der Waals surface area contributed by atoms with Crippen molar-refractivity contribution in [1.29, 1.82) is 0 Å². The molecule has 118 valence electrons. The number of aliphatic imine (C=N–C) groups is 1. The minimum atomic E-state index is 0.433. The van der Waals surface area contributed by atoms with Gasteiger partial charge in [0.05, 0.1) is 0 Å². The van der Waals surface area contributed by atoms with Crippen molar-refractivity contribution in [1.82, 2.24) is 15.6 Å². The lowest BCUT2D eigenvalue weighted by Gasteiger charge is -2.18. The van der Waals surface area contributed by atoms with E-state index in [4.69, 9.17) is 0 Å². The van der Waals surface area contributed by atoms with E-state index in [0.29, 0.717) is 5.41 Å². The van der Waals surface area contributed by atoms with Crippen molar-refractivity contribution in [2.45, 2.75) is 46.5 Å². The van der Waals surface area contributed by atoms with Crippen molar-refractivity contribution in [3.05, 3.63) is 30.1 Å². The van der Waals surface area contributed by atoms with E-state index in [1.165, 1.54) is 19.3 Å². The van der Waals surface area contributed by atoms with Crippen LogP contribution in [0, 0.1) is 5.41 Å². The number of guanidine groups is 1. The third-order valence-electron chi connectivity index (χ3n) is 3.27. The summed E-state index contributed by atoms with van der Waals surface area (Å²) in [5, 5.41) is 6.68. The van der Waals surface area contributed by atoms with Gasteiger partial charge in [-0.25, -0.2) is 0 Å². The second kappa shape index (κ2) is 9.37. The van der Waals surface area contributed by atoms with Gasteiger partial charge in [0.25, 0.3) is 0 Å². The van der Waals surface area contributed by atoms with Crippen molar-refractivity contribution in [2.24, 2.45) is 10.4 Å². The van der Waals surface area contributed by atoms with Crippen molar-refractivity contribution in [3.8, 4) is 0 Å². The first-order chi connectivity index (χ1) is 10.0. The topological polar surface area (TPSA) is 49.3 Å². The Hall–Kier alpha value is -1.58. The Balaban J connectivity index is 2.12. The first-order valence-electron chi connectivity index (χ1n) is 7.86. The van der Waals surface area contributed by atoms with E-state index < -0.39 is 0 Å². The van der Waals surface area contributed by atoms with Gasteiger partial charge in [-0.15, -0.1) is 0 Å². The number of nitrogens with one attached hydrogen (secondary N) is 2. The first-order valence-corrected chi connectivity index (χ1v) is 7.86. The van der Waals surface area contributed by atoms with Gasteiger partial charge in [-0.3, -0.25) is 9.98 Å². The Morgan fingerprint density at radius 2 is 1.90 bits per heavy atom. The van der Waals surface area contributed by atoms with E-state index in [1.807, 2.05) is 31.4 Å². The predicted molar refractivity (Wildman–Crippen MR) is 90.6 cm³/mol. The molecule has 4 nitrogen and oxygen atoms in total. The molecule has 1 heterocycles. The fourth-order valence-corrected chi connectivity index (χ4v) is 2.06. The molecule has 1 aromatic heterocycles. The number of hydrogen-bond acceptors (Lipinski definition) is 2. The molecule has 2 N–H and O–H groups in total. The summed E-state index contributed by atoms with van der Waals surface area (Å²) in [6.45, 7) is 8.69. The van der Waals surface area contributed by atoms with Crippen LogP contribution in [0.1, 0.15) is 45.7 Å². The lowest BCUT2D eigenvalue weighted by Crippen LogP contribution is -2.38. The average molecular weight is 290 g/mol. The molecule has 0 fully saturated rings. The molecule has 21 heavy (non-hydrogen) atoms. The third kappa shape index (κ3) is 9.05. The van der Waals surface area contributed by atoms with Crippen LogP contribution in [0.5, 0.6) is 0 Å². The molecule has 0 aliphatic heterocycles. The Kier molecular flexibility index (Phi) is 7.80. The van der Waals surface area contributed by atoms with E-state index >= 15 is 0 Å². The highest BCUT2D eigenvalue weighted by Crippen LogP contribution is 2.21. The molecular formula is C17H30N4. The number of aromatic nitrogens is 1. The second-order valence-corrected chi connectivity index (χ2v) is 6.51. The monoisotopic (exact) mass is 290 g/mol.